The third kappa shape index (κ3) is 5.29. The van der Waals surface area contributed by atoms with Crippen molar-refractivity contribution in [2.45, 2.75) is 74.8 Å². The van der Waals surface area contributed by atoms with Gasteiger partial charge in [-0.05, 0) is 54.2 Å². The number of hydrogen-bond acceptors (Lipinski definition) is 9. The van der Waals surface area contributed by atoms with Gasteiger partial charge in [0.1, 0.15) is 0 Å². The fourth-order valence-corrected chi connectivity index (χ4v) is 10.9. The Morgan fingerprint density at radius 2 is 1.26 bits per heavy atom. The minimum atomic E-state index is -0.723. The molecule has 3 heterocycles. The quantitative estimate of drug-likeness (QED) is 0.218. The lowest BCUT2D eigenvalue weighted by Gasteiger charge is -2.56. The second-order valence-corrected chi connectivity index (χ2v) is 16.5. The fraction of sp³-hybridized carbons (Fsp3) is 0.429. The summed E-state index contributed by atoms with van der Waals surface area (Å²) in [7, 11) is 0. The smallest absolute Gasteiger partial charge is 0.310 e. The van der Waals surface area contributed by atoms with E-state index in [0.717, 1.165) is 11.3 Å². The number of nitrogens with one attached hydrogen (secondary N) is 1. The van der Waals surface area contributed by atoms with Gasteiger partial charge in [-0.2, -0.15) is 5.26 Å². The second kappa shape index (κ2) is 12.6. The maximum Gasteiger partial charge on any atom is 0.310 e. The van der Waals surface area contributed by atoms with Crippen LogP contribution in [0.1, 0.15) is 91.0 Å². The Hall–Kier alpha value is -4.44. The van der Waals surface area contributed by atoms with E-state index in [0.29, 0.717) is 62.8 Å². The first-order valence-corrected chi connectivity index (χ1v) is 19.2. The summed E-state index contributed by atoms with van der Waals surface area (Å²) in [6, 6.07) is 26.0. The number of benzene rings is 3. The van der Waals surface area contributed by atoms with Crippen LogP contribution in [0.4, 0.5) is 5.13 Å². The number of carboxylic acids is 1. The highest BCUT2D eigenvalue weighted by molar-refractivity contribution is 7.14. The number of carbonyl (C=O) groups excluding carboxylic acids is 1. The van der Waals surface area contributed by atoms with Gasteiger partial charge in [-0.1, -0.05) is 67.6 Å². The van der Waals surface area contributed by atoms with Crippen molar-refractivity contribution in [1.29, 1.82) is 5.26 Å². The topological polar surface area (TPSA) is 140 Å². The van der Waals surface area contributed by atoms with E-state index in [1.165, 1.54) is 33.6 Å². The van der Waals surface area contributed by atoms with Crippen LogP contribution in [-0.4, -0.2) is 60.0 Å². The molecule has 0 radical (unpaired) electrons. The van der Waals surface area contributed by atoms with Crippen LogP contribution in [0.2, 0.25) is 0 Å². The monoisotopic (exact) mass is 731 g/mol. The van der Waals surface area contributed by atoms with Gasteiger partial charge in [-0.3, -0.25) is 9.59 Å². The molecular weight excluding hydrogens is 691 g/mol. The van der Waals surface area contributed by atoms with Crippen molar-refractivity contribution < 1.29 is 33.6 Å². The minimum absolute atomic E-state index is 0.00328. The summed E-state index contributed by atoms with van der Waals surface area (Å²) in [6.07, 6.45) is 2.59. The molecule has 3 aromatic carbocycles. The van der Waals surface area contributed by atoms with Crippen molar-refractivity contribution in [3.05, 3.63) is 106 Å². The van der Waals surface area contributed by atoms with Crippen molar-refractivity contribution in [2.24, 2.45) is 10.8 Å². The van der Waals surface area contributed by atoms with Gasteiger partial charge in [0.25, 0.3) is 0 Å². The molecule has 1 aromatic heterocycles. The van der Waals surface area contributed by atoms with Crippen LogP contribution < -0.4 is 5.32 Å². The third-order valence-electron chi connectivity index (χ3n) is 12.9. The molecule has 4 fully saturated rings. The molecule has 53 heavy (non-hydrogen) atoms. The van der Waals surface area contributed by atoms with E-state index in [2.05, 4.69) is 53.6 Å². The van der Waals surface area contributed by atoms with Crippen LogP contribution in [-0.2, 0) is 28.5 Å². The van der Waals surface area contributed by atoms with Crippen LogP contribution >= 0.6 is 11.3 Å². The highest BCUT2D eigenvalue weighted by atomic mass is 32.1. The van der Waals surface area contributed by atoms with Crippen LogP contribution in [0.5, 0.6) is 0 Å². The average molecular weight is 732 g/mol. The number of thiazole rings is 1. The summed E-state index contributed by atoms with van der Waals surface area (Å²) in [5.41, 5.74) is 5.73. The van der Waals surface area contributed by atoms with Gasteiger partial charge < -0.3 is 29.4 Å². The number of aliphatic carboxylic acids is 1. The molecular formula is C42H41N3O7S. The Balaban J connectivity index is 0.000000158. The number of aromatic nitrogens is 1. The lowest BCUT2D eigenvalue weighted by atomic mass is 9.52. The van der Waals surface area contributed by atoms with Crippen LogP contribution in [0, 0.1) is 22.2 Å². The lowest BCUT2D eigenvalue weighted by molar-refractivity contribution is -0.220. The van der Waals surface area contributed by atoms with Crippen molar-refractivity contribution in [2.75, 3.05) is 31.7 Å². The first kappa shape index (κ1) is 34.3. The number of ether oxygens (including phenoxy) is 4. The number of anilines is 1. The van der Waals surface area contributed by atoms with Crippen molar-refractivity contribution in [3.8, 4) is 17.3 Å². The van der Waals surface area contributed by atoms with Crippen molar-refractivity contribution in [1.82, 2.24) is 4.98 Å². The number of carboxylic acid groups (broad SMARTS) is 1. The van der Waals surface area contributed by atoms with Crippen LogP contribution in [0.25, 0.3) is 11.3 Å². The zero-order valence-electron chi connectivity index (χ0n) is 29.7. The van der Waals surface area contributed by atoms with Gasteiger partial charge >= 0.3 is 5.97 Å². The molecule has 2 spiro atoms. The molecule has 2 saturated heterocycles. The molecule has 4 bridgehead atoms. The highest BCUT2D eigenvalue weighted by Gasteiger charge is 2.64. The van der Waals surface area contributed by atoms with E-state index in [-0.39, 0.29) is 29.6 Å². The van der Waals surface area contributed by atoms with Gasteiger partial charge in [0.15, 0.2) is 16.7 Å². The lowest BCUT2D eigenvalue weighted by Crippen LogP contribution is -2.56. The molecule has 272 valence electrons. The molecule has 2 aliphatic heterocycles. The SMILES string of the molecule is CC1(C(=O)Nc2nc(-c3cccc(C#N)c3)cs2)CC2c3ccccc3C1CC21OCCO1.CC1(C(=O)O)CC2c3ccccc3C1CC21OCCO1. The molecule has 6 unspecified atom stereocenters. The van der Waals surface area contributed by atoms with Gasteiger partial charge in [-0.15, -0.1) is 11.3 Å². The number of amides is 1. The number of fused-ring (bicyclic) bond motifs is 2. The van der Waals surface area contributed by atoms with Gasteiger partial charge in [0.05, 0.1) is 54.6 Å². The largest absolute Gasteiger partial charge is 0.481 e. The first-order chi connectivity index (χ1) is 25.6. The maximum atomic E-state index is 13.7. The van der Waals surface area contributed by atoms with Crippen molar-refractivity contribution in [3.63, 3.8) is 0 Å². The van der Waals surface area contributed by atoms with Gasteiger partial charge in [0, 0.05) is 47.5 Å². The molecule has 4 aromatic rings. The molecule has 11 heteroatoms. The Labute approximate surface area is 312 Å². The first-order valence-electron chi connectivity index (χ1n) is 18.3. The zero-order valence-corrected chi connectivity index (χ0v) is 30.5. The summed E-state index contributed by atoms with van der Waals surface area (Å²) >= 11 is 1.40. The fourth-order valence-electron chi connectivity index (χ4n) is 10.2. The molecule has 1 amide bonds. The molecule has 6 aliphatic carbocycles. The third-order valence-corrected chi connectivity index (χ3v) is 13.7. The Kier molecular flexibility index (Phi) is 8.14. The summed E-state index contributed by atoms with van der Waals surface area (Å²) in [5.74, 6) is -1.93. The predicted molar refractivity (Wildman–Crippen MR) is 196 cm³/mol. The molecule has 12 rings (SSSR count). The standard InChI is InChI=1S/C26H23N3O3S.C16H18O4/c1-25(23(30)29-24-28-22(15-33-24)17-6-4-5-16(11-17)14-27)12-21-19-8-3-2-7-18(19)20(25)13-26(21)31-9-10-32-26;1-15(14(17)18)8-13-11-5-3-2-4-10(11)12(15)9-16(13)19-6-7-20-16/h2-8,11,15,20-21H,9-10,12-13H2,1H3,(H,28,29,30);2-5,12-13H,6-9H2,1H3,(H,17,18). The van der Waals surface area contributed by atoms with Crippen LogP contribution in [0.3, 0.4) is 0 Å². The summed E-state index contributed by atoms with van der Waals surface area (Å²) in [5, 5.41) is 24.4. The number of nitrogens with zero attached hydrogens (tertiary/aromatic N) is 2. The minimum Gasteiger partial charge on any atom is -0.481 e. The number of rotatable bonds is 4. The number of nitriles is 1. The summed E-state index contributed by atoms with van der Waals surface area (Å²) in [4.78, 5) is 30.1. The molecule has 8 aliphatic rings. The number of carbonyl (C=O) groups is 2. The van der Waals surface area contributed by atoms with Gasteiger partial charge in [-0.25, -0.2) is 4.98 Å². The van der Waals surface area contributed by atoms with Gasteiger partial charge in [0.2, 0.25) is 5.91 Å². The van der Waals surface area contributed by atoms with E-state index in [9.17, 15) is 14.7 Å². The van der Waals surface area contributed by atoms with Crippen LogP contribution in [0.15, 0.2) is 78.2 Å². The zero-order chi connectivity index (χ0) is 36.6. The summed E-state index contributed by atoms with van der Waals surface area (Å²) in [6.45, 7) is 6.34. The average Bonchev–Trinajstić information content (AvgIpc) is 3.96. The Bertz CT molecular complexity index is 2150. The number of hydrogen-bond donors (Lipinski definition) is 2. The second-order valence-electron chi connectivity index (χ2n) is 15.6. The van der Waals surface area contributed by atoms with E-state index in [1.54, 1.807) is 12.1 Å². The van der Waals surface area contributed by atoms with E-state index in [1.807, 2.05) is 42.6 Å². The molecule has 10 nitrogen and oxygen atoms in total. The highest BCUT2D eigenvalue weighted by Crippen LogP contribution is 2.65. The Morgan fingerprint density at radius 1 is 0.755 bits per heavy atom. The maximum absolute atomic E-state index is 13.7. The van der Waals surface area contributed by atoms with E-state index in [4.69, 9.17) is 24.2 Å². The molecule has 2 N–H and O–H groups in total. The Morgan fingerprint density at radius 3 is 1.79 bits per heavy atom. The predicted octanol–water partition coefficient (Wildman–Crippen LogP) is 7.54. The molecule has 2 saturated carbocycles. The van der Waals surface area contributed by atoms with E-state index >= 15 is 0 Å². The summed E-state index contributed by atoms with van der Waals surface area (Å²) < 4.78 is 24.2. The van der Waals surface area contributed by atoms with E-state index < -0.39 is 28.4 Å². The normalized spacial score (nSPS) is 30.6. The van der Waals surface area contributed by atoms with Crippen molar-refractivity contribution >= 4 is 28.3 Å². The molecule has 6 atom stereocenters.